The van der Waals surface area contributed by atoms with Crippen molar-refractivity contribution in [3.8, 4) is 5.75 Å². The van der Waals surface area contributed by atoms with Crippen LogP contribution in [0.5, 0.6) is 5.75 Å². The molecule has 2 aliphatic heterocycles. The molecule has 28 heavy (non-hydrogen) atoms. The van der Waals surface area contributed by atoms with Crippen molar-refractivity contribution in [2.24, 2.45) is 0 Å². The molecule has 0 aliphatic carbocycles. The number of aromatic hydroxyl groups is 1. The summed E-state index contributed by atoms with van der Waals surface area (Å²) >= 11 is 0. The van der Waals surface area contributed by atoms with E-state index in [0.29, 0.717) is 13.0 Å². The van der Waals surface area contributed by atoms with Crippen LogP contribution in [0.25, 0.3) is 0 Å². The lowest BCUT2D eigenvalue weighted by Gasteiger charge is -2.44. The van der Waals surface area contributed by atoms with E-state index < -0.39 is 77.1 Å². The molecule has 2 aromatic rings. The van der Waals surface area contributed by atoms with Crippen molar-refractivity contribution in [3.05, 3.63) is 63.5 Å². The van der Waals surface area contributed by atoms with Crippen molar-refractivity contribution in [2.45, 2.75) is 38.7 Å². The van der Waals surface area contributed by atoms with Gasteiger partial charge in [0.2, 0.25) is 5.43 Å². The van der Waals surface area contributed by atoms with Gasteiger partial charge in [-0.2, -0.15) is 0 Å². The minimum atomic E-state index is -2.98. The Kier molecular flexibility index (Phi) is 2.96. The highest BCUT2D eigenvalue weighted by Crippen LogP contribution is 2.29. The number of hydrogen-bond donors (Lipinski definition) is 2. The van der Waals surface area contributed by atoms with Gasteiger partial charge in [-0.15, -0.1) is 0 Å². The fourth-order valence-corrected chi connectivity index (χ4v) is 3.32. The molecular weight excluding hydrogens is 362 g/mol. The number of nitrogens with one attached hydrogen (secondary N) is 1. The number of rotatable bonds is 3. The monoisotopic (exact) mass is 390 g/mol. The number of benzene rings is 1. The molecule has 4 rings (SSSR count). The van der Waals surface area contributed by atoms with E-state index in [1.54, 1.807) is 6.92 Å². The summed E-state index contributed by atoms with van der Waals surface area (Å²) in [5.74, 6) is -2.95. The van der Waals surface area contributed by atoms with Gasteiger partial charge in [-0.3, -0.25) is 14.4 Å². The van der Waals surface area contributed by atoms with Crippen molar-refractivity contribution < 1.29 is 29.0 Å². The molecule has 2 atom stereocenters. The number of amides is 2. The van der Waals surface area contributed by atoms with Gasteiger partial charge < -0.3 is 24.6 Å². The fourth-order valence-electron chi connectivity index (χ4n) is 3.32. The zero-order valence-electron chi connectivity index (χ0n) is 21.8. The molecule has 0 saturated carbocycles. The summed E-state index contributed by atoms with van der Waals surface area (Å²) in [5, 5.41) is 12.4. The summed E-state index contributed by atoms with van der Waals surface area (Å²) in [4.78, 5) is 40.1. The third kappa shape index (κ3) is 3.05. The van der Waals surface area contributed by atoms with E-state index >= 15 is 0 Å². The van der Waals surface area contributed by atoms with Crippen molar-refractivity contribution >= 4 is 11.8 Å². The molecule has 0 bridgehead atoms. The minimum absolute atomic E-state index is 0.00945. The van der Waals surface area contributed by atoms with Crippen LogP contribution in [0.2, 0.25) is 0 Å². The van der Waals surface area contributed by atoms with E-state index in [1.807, 2.05) is 5.32 Å². The van der Waals surface area contributed by atoms with Crippen LogP contribution in [-0.2, 0) is 17.8 Å². The van der Waals surface area contributed by atoms with E-state index in [4.69, 9.17) is 14.3 Å². The molecule has 1 fully saturated rings. The summed E-state index contributed by atoms with van der Waals surface area (Å²) in [7, 11) is 0. The Morgan fingerprint density at radius 3 is 2.89 bits per heavy atom. The van der Waals surface area contributed by atoms with Crippen LogP contribution in [0, 0.1) is 0 Å². The Morgan fingerprint density at radius 1 is 1.39 bits per heavy atom. The highest BCUT2D eigenvalue weighted by atomic mass is 16.5. The zero-order chi connectivity index (χ0) is 26.0. The molecule has 146 valence electrons. The van der Waals surface area contributed by atoms with Gasteiger partial charge in [0, 0.05) is 18.7 Å². The van der Waals surface area contributed by atoms with E-state index in [-0.39, 0.29) is 18.3 Å². The average molecular weight is 390 g/mol. The maximum atomic E-state index is 13.0. The number of pyridine rings is 1. The number of aromatic nitrogens is 1. The van der Waals surface area contributed by atoms with Crippen LogP contribution < -0.4 is 10.7 Å². The summed E-state index contributed by atoms with van der Waals surface area (Å²) in [6.45, 7) is -0.777. The minimum Gasteiger partial charge on any atom is -0.503 e. The van der Waals surface area contributed by atoms with E-state index in [2.05, 4.69) is 0 Å². The molecule has 2 aliphatic rings. The molecule has 8 heteroatoms. The third-order valence-electron chi connectivity index (χ3n) is 4.72. The van der Waals surface area contributed by atoms with Crippen LogP contribution in [-0.4, -0.2) is 45.3 Å². The van der Waals surface area contributed by atoms with E-state index in [0.717, 1.165) is 6.20 Å². The molecular formula is C20H21N3O5. The maximum Gasteiger partial charge on any atom is 0.276 e. The van der Waals surface area contributed by atoms with Gasteiger partial charge in [0.25, 0.3) is 11.8 Å². The smallest absolute Gasteiger partial charge is 0.276 e. The number of carbonyl (C=O) groups excluding carboxylic acids is 2. The van der Waals surface area contributed by atoms with Gasteiger partial charge in [-0.05, 0) is 18.9 Å². The molecule has 0 unspecified atom stereocenters. The Morgan fingerprint density at radius 2 is 2.14 bits per heavy atom. The van der Waals surface area contributed by atoms with Crippen molar-refractivity contribution in [1.29, 1.82) is 0 Å². The molecule has 2 N–H and O–H groups in total. The molecule has 2 amide bonds. The second-order valence-electron chi connectivity index (χ2n) is 6.48. The second-order valence-corrected chi connectivity index (χ2v) is 6.48. The normalized spacial score (nSPS) is 25.1. The van der Waals surface area contributed by atoms with Crippen LogP contribution >= 0.6 is 0 Å². The third-order valence-corrected chi connectivity index (χ3v) is 4.72. The Hall–Kier alpha value is -3.13. The van der Waals surface area contributed by atoms with Crippen LogP contribution in [0.3, 0.4) is 0 Å². The molecule has 1 saturated heterocycles. The second kappa shape index (κ2) is 7.12. The summed E-state index contributed by atoms with van der Waals surface area (Å²) in [5.41, 5.74) is -3.07. The molecule has 1 aromatic carbocycles. The van der Waals surface area contributed by atoms with Crippen LogP contribution in [0.4, 0.5) is 0 Å². The predicted octanol–water partition coefficient (Wildman–Crippen LogP) is 1.07. The lowest BCUT2D eigenvalue weighted by Crippen LogP contribution is -2.57. The summed E-state index contributed by atoms with van der Waals surface area (Å²) < 4.78 is 62.1. The first-order valence-electron chi connectivity index (χ1n) is 12.1. The van der Waals surface area contributed by atoms with Crippen molar-refractivity contribution in [3.63, 3.8) is 0 Å². The van der Waals surface area contributed by atoms with Crippen LogP contribution in [0.1, 0.15) is 49.3 Å². The van der Waals surface area contributed by atoms with Gasteiger partial charge in [-0.25, -0.2) is 0 Å². The first-order chi connectivity index (χ1) is 16.3. The fraction of sp³-hybridized carbons (Fsp3) is 0.350. The molecule has 0 radical (unpaired) electrons. The van der Waals surface area contributed by atoms with Gasteiger partial charge in [0.05, 0.1) is 22.7 Å². The topological polar surface area (TPSA) is 101 Å². The zero-order valence-corrected chi connectivity index (χ0v) is 14.8. The number of hydrogen-bond acceptors (Lipinski definition) is 5. The SMILES string of the molecule is [2H]c1c([2H])c([2H])c(C([2H])([2H])NC(=O)c2cn3c(c(O)c2=O)C(=O)N2[C@H](C)CCO[C@H]2C3)c([2H])c1[2H]. The number of fused-ring (bicyclic) bond motifs is 2. The number of nitrogens with zero attached hydrogens (tertiary/aromatic N) is 2. The largest absolute Gasteiger partial charge is 0.503 e. The molecule has 1 aromatic heterocycles. The predicted molar refractivity (Wildman–Crippen MR) is 100.0 cm³/mol. The molecule has 3 heterocycles. The van der Waals surface area contributed by atoms with Gasteiger partial charge in [0.1, 0.15) is 5.56 Å². The Balaban J connectivity index is 1.74. The van der Waals surface area contributed by atoms with Gasteiger partial charge in [0.15, 0.2) is 17.7 Å². The lowest BCUT2D eigenvalue weighted by molar-refractivity contribution is -0.112. The molecule has 8 nitrogen and oxygen atoms in total. The lowest BCUT2D eigenvalue weighted by atomic mass is 10.1. The number of carbonyl (C=O) groups is 2. The van der Waals surface area contributed by atoms with E-state index in [1.165, 1.54) is 9.47 Å². The first-order valence-corrected chi connectivity index (χ1v) is 8.58. The van der Waals surface area contributed by atoms with Gasteiger partial charge in [-0.1, -0.05) is 30.2 Å². The number of ether oxygens (including phenoxy) is 1. The average Bonchev–Trinajstić information content (AvgIpc) is 2.78. The van der Waals surface area contributed by atoms with E-state index in [9.17, 15) is 19.5 Å². The molecule has 0 spiro atoms. The van der Waals surface area contributed by atoms with Crippen molar-refractivity contribution in [2.75, 3.05) is 6.61 Å². The van der Waals surface area contributed by atoms with Crippen LogP contribution in [0.15, 0.2) is 41.2 Å². The Bertz CT molecular complexity index is 1300. The first kappa shape index (κ1) is 11.7. The highest BCUT2D eigenvalue weighted by Gasteiger charge is 2.40. The standard InChI is InChI=1S/C20H21N3O5/c1-12-7-8-28-15-11-22-10-14(17(24)18(25)16(22)20(27)23(12)15)19(26)21-9-13-5-3-2-4-6-13/h2-6,10,12,15,25H,7-9,11H2,1H3,(H,21,26)/t12-,15+/m1/s1/i2D,3D,4D,5D,6D,9D2. The Labute approximate surface area is 171 Å². The highest BCUT2D eigenvalue weighted by molar-refractivity contribution is 5.99. The van der Waals surface area contributed by atoms with Gasteiger partial charge >= 0.3 is 0 Å². The quantitative estimate of drug-likeness (QED) is 0.817. The summed E-state index contributed by atoms with van der Waals surface area (Å²) in [6, 6.07) is -4.24. The summed E-state index contributed by atoms with van der Waals surface area (Å²) in [6.07, 6.45) is 0.886. The maximum absolute atomic E-state index is 13.0. The van der Waals surface area contributed by atoms with Crippen molar-refractivity contribution in [1.82, 2.24) is 14.8 Å².